The molecule has 0 aromatic heterocycles. The van der Waals surface area contributed by atoms with Crippen LogP contribution in [0.5, 0.6) is 11.5 Å². The van der Waals surface area contributed by atoms with Gasteiger partial charge in [0, 0.05) is 12.0 Å². The van der Waals surface area contributed by atoms with E-state index in [2.05, 4.69) is 0 Å². The molecule has 0 bridgehead atoms. The minimum absolute atomic E-state index is 0.0625. The van der Waals surface area contributed by atoms with Crippen LogP contribution in [0.25, 0.3) is 0 Å². The quantitative estimate of drug-likeness (QED) is 0.675. The number of aliphatic hydroxyl groups excluding tert-OH is 1. The summed E-state index contributed by atoms with van der Waals surface area (Å²) in [7, 11) is 0. The predicted octanol–water partition coefficient (Wildman–Crippen LogP) is 1.67. The largest absolute Gasteiger partial charge is 0.508 e. The van der Waals surface area contributed by atoms with E-state index < -0.39 is 6.10 Å². The van der Waals surface area contributed by atoms with Crippen molar-refractivity contribution in [2.24, 2.45) is 0 Å². The maximum atomic E-state index is 11.7. The molecule has 0 saturated heterocycles. The van der Waals surface area contributed by atoms with Gasteiger partial charge < -0.3 is 15.3 Å². The zero-order valence-electron chi connectivity index (χ0n) is 9.03. The van der Waals surface area contributed by atoms with Crippen LogP contribution in [0.4, 0.5) is 0 Å². The van der Waals surface area contributed by atoms with Crippen LogP contribution < -0.4 is 0 Å². The van der Waals surface area contributed by atoms with Gasteiger partial charge in [-0.15, -0.1) is 0 Å². The van der Waals surface area contributed by atoms with Gasteiger partial charge in [-0.2, -0.15) is 0 Å². The number of hydrogen-bond acceptors (Lipinski definition) is 4. The summed E-state index contributed by atoms with van der Waals surface area (Å²) in [6, 6.07) is 1.38. The third-order valence-corrected chi connectivity index (χ3v) is 3.05. The molecule has 0 saturated carbocycles. The second-order valence-corrected chi connectivity index (χ2v) is 4.02. The Bertz CT molecular complexity index is 451. The topological polar surface area (TPSA) is 77.8 Å². The van der Waals surface area contributed by atoms with Gasteiger partial charge in [0.2, 0.25) is 0 Å². The van der Waals surface area contributed by atoms with Crippen LogP contribution in [0.15, 0.2) is 6.07 Å². The molecule has 0 amide bonds. The second-order valence-electron chi connectivity index (χ2n) is 4.02. The fourth-order valence-electron chi connectivity index (χ4n) is 2.17. The Balaban J connectivity index is 2.71. The molecule has 3 N–H and O–H groups in total. The lowest BCUT2D eigenvalue weighted by molar-refractivity contribution is 0.0892. The number of fused-ring (bicyclic) bond motifs is 1. The van der Waals surface area contributed by atoms with Crippen molar-refractivity contribution in [3.05, 3.63) is 22.8 Å². The molecular formula is C12H14O4. The van der Waals surface area contributed by atoms with E-state index in [1.54, 1.807) is 6.92 Å². The number of phenols is 2. The van der Waals surface area contributed by atoms with Crippen molar-refractivity contribution in [1.82, 2.24) is 0 Å². The fraction of sp³-hybridized carbons (Fsp3) is 0.417. The molecule has 0 spiro atoms. The number of rotatable bonds is 1. The van der Waals surface area contributed by atoms with Gasteiger partial charge in [-0.25, -0.2) is 0 Å². The molecule has 4 heteroatoms. The van der Waals surface area contributed by atoms with Crippen LogP contribution in [-0.4, -0.2) is 21.1 Å². The average molecular weight is 222 g/mol. The number of benzene rings is 1. The first-order valence-electron chi connectivity index (χ1n) is 5.35. The second kappa shape index (κ2) is 3.79. The van der Waals surface area contributed by atoms with Crippen LogP contribution in [0.2, 0.25) is 0 Å². The fourth-order valence-corrected chi connectivity index (χ4v) is 2.17. The molecule has 16 heavy (non-hydrogen) atoms. The van der Waals surface area contributed by atoms with Gasteiger partial charge in [0.15, 0.2) is 5.78 Å². The molecule has 1 unspecified atom stereocenters. The predicted molar refractivity (Wildman–Crippen MR) is 57.7 cm³/mol. The lowest BCUT2D eigenvalue weighted by Crippen LogP contribution is -2.16. The number of carbonyl (C=O) groups is 1. The Morgan fingerprint density at radius 1 is 1.44 bits per heavy atom. The van der Waals surface area contributed by atoms with E-state index in [9.17, 15) is 20.1 Å². The molecule has 4 nitrogen and oxygen atoms in total. The van der Waals surface area contributed by atoms with Crippen molar-refractivity contribution in [1.29, 1.82) is 0 Å². The van der Waals surface area contributed by atoms with Crippen LogP contribution in [0.3, 0.4) is 0 Å². The summed E-state index contributed by atoms with van der Waals surface area (Å²) in [6.07, 6.45) is 0.232. The number of phenolic OH excluding ortho intramolecular Hbond substituents is 2. The number of aliphatic hydroxyl groups is 1. The molecular weight excluding hydrogens is 208 g/mol. The number of hydrogen-bond donors (Lipinski definition) is 3. The minimum Gasteiger partial charge on any atom is -0.508 e. The lowest BCUT2D eigenvalue weighted by Gasteiger charge is -2.23. The number of ketones is 1. The van der Waals surface area contributed by atoms with Crippen molar-refractivity contribution in [2.45, 2.75) is 32.3 Å². The first-order chi connectivity index (χ1) is 7.56. The summed E-state index contributed by atoms with van der Waals surface area (Å²) in [5, 5.41) is 29.3. The molecule has 1 aromatic rings. The van der Waals surface area contributed by atoms with Gasteiger partial charge in [0.05, 0.1) is 11.7 Å². The summed E-state index contributed by atoms with van der Waals surface area (Å²) >= 11 is 0. The smallest absolute Gasteiger partial charge is 0.167 e. The van der Waals surface area contributed by atoms with E-state index in [0.29, 0.717) is 24.0 Å². The van der Waals surface area contributed by atoms with Crippen molar-refractivity contribution in [2.75, 3.05) is 0 Å². The molecule has 1 aliphatic rings. The van der Waals surface area contributed by atoms with Crippen molar-refractivity contribution in [3.8, 4) is 11.5 Å². The van der Waals surface area contributed by atoms with Gasteiger partial charge in [0.25, 0.3) is 0 Å². The maximum absolute atomic E-state index is 11.7. The Kier molecular flexibility index (Phi) is 2.59. The Morgan fingerprint density at radius 3 is 2.75 bits per heavy atom. The maximum Gasteiger partial charge on any atom is 0.167 e. The van der Waals surface area contributed by atoms with Gasteiger partial charge in [-0.1, -0.05) is 6.92 Å². The number of aromatic hydroxyl groups is 2. The minimum atomic E-state index is -0.782. The average Bonchev–Trinajstić information content (AvgIpc) is 2.24. The molecule has 86 valence electrons. The molecule has 0 aliphatic heterocycles. The van der Waals surface area contributed by atoms with E-state index in [-0.39, 0.29) is 29.3 Å². The first-order valence-corrected chi connectivity index (χ1v) is 5.35. The third-order valence-electron chi connectivity index (χ3n) is 3.05. The van der Waals surface area contributed by atoms with E-state index in [1.807, 2.05) is 0 Å². The van der Waals surface area contributed by atoms with Crippen molar-refractivity contribution in [3.63, 3.8) is 0 Å². The zero-order chi connectivity index (χ0) is 11.9. The van der Waals surface area contributed by atoms with Crippen LogP contribution >= 0.6 is 0 Å². The highest BCUT2D eigenvalue weighted by molar-refractivity contribution is 6.01. The zero-order valence-corrected chi connectivity index (χ0v) is 9.03. The molecule has 2 rings (SSSR count). The summed E-state index contributed by atoms with van der Waals surface area (Å²) in [4.78, 5) is 11.7. The third kappa shape index (κ3) is 1.46. The van der Waals surface area contributed by atoms with Crippen molar-refractivity contribution < 1.29 is 20.1 Å². The van der Waals surface area contributed by atoms with Crippen LogP contribution in [-0.2, 0) is 6.42 Å². The summed E-state index contributed by atoms with van der Waals surface area (Å²) in [6.45, 7) is 1.78. The van der Waals surface area contributed by atoms with E-state index in [0.717, 1.165) is 0 Å². The van der Waals surface area contributed by atoms with Gasteiger partial charge in [0.1, 0.15) is 11.5 Å². The summed E-state index contributed by atoms with van der Waals surface area (Å²) in [5.74, 6) is -0.416. The van der Waals surface area contributed by atoms with Gasteiger partial charge in [-0.05, 0) is 24.5 Å². The Hall–Kier alpha value is -1.55. The summed E-state index contributed by atoms with van der Waals surface area (Å²) in [5.41, 5.74) is 0.873. The lowest BCUT2D eigenvalue weighted by atomic mass is 9.85. The highest BCUT2D eigenvalue weighted by atomic mass is 16.3. The molecule has 0 heterocycles. The standard InChI is InChI=1S/C12H14O4/c1-2-6-10(15)5-7-8(13)3-4-9(14)11(7)12(6)16/h5,8,13,15-16H,2-4H2,1H3. The van der Waals surface area contributed by atoms with Gasteiger partial charge in [-0.3, -0.25) is 4.79 Å². The van der Waals surface area contributed by atoms with Crippen LogP contribution in [0.1, 0.15) is 47.4 Å². The Morgan fingerprint density at radius 2 is 2.12 bits per heavy atom. The normalized spacial score (nSPS) is 19.6. The van der Waals surface area contributed by atoms with Crippen molar-refractivity contribution >= 4 is 5.78 Å². The molecule has 0 radical (unpaired) electrons. The first kappa shape index (κ1) is 11.0. The number of carbonyl (C=O) groups excluding carboxylic acids is 1. The Labute approximate surface area is 93.2 Å². The summed E-state index contributed by atoms with van der Waals surface area (Å²) < 4.78 is 0. The monoisotopic (exact) mass is 222 g/mol. The highest BCUT2D eigenvalue weighted by Gasteiger charge is 2.29. The highest BCUT2D eigenvalue weighted by Crippen LogP contribution is 2.41. The van der Waals surface area contributed by atoms with Gasteiger partial charge >= 0.3 is 0 Å². The molecule has 1 aliphatic carbocycles. The number of Topliss-reactive ketones (excluding diaryl/α,β-unsaturated/α-hetero) is 1. The van der Waals surface area contributed by atoms with E-state index >= 15 is 0 Å². The van der Waals surface area contributed by atoms with E-state index in [1.165, 1.54) is 6.07 Å². The molecule has 0 fully saturated rings. The molecule has 1 atom stereocenters. The van der Waals surface area contributed by atoms with E-state index in [4.69, 9.17) is 0 Å². The van der Waals surface area contributed by atoms with Crippen LogP contribution in [0, 0.1) is 0 Å². The molecule has 1 aromatic carbocycles. The SMILES string of the molecule is CCc1c(O)cc2c(c1O)C(=O)CCC2O.